The van der Waals surface area contributed by atoms with Crippen LogP contribution in [0, 0.1) is 17.2 Å². The fourth-order valence-corrected chi connectivity index (χ4v) is 2.79. The van der Waals surface area contributed by atoms with Gasteiger partial charge in [0.1, 0.15) is 0 Å². The van der Waals surface area contributed by atoms with Crippen molar-refractivity contribution in [3.8, 4) is 6.07 Å². The lowest BCUT2D eigenvalue weighted by atomic mass is 10.0. The van der Waals surface area contributed by atoms with Crippen molar-refractivity contribution < 1.29 is 0 Å². The third-order valence-electron chi connectivity index (χ3n) is 3.85. The van der Waals surface area contributed by atoms with Gasteiger partial charge in [0.2, 0.25) is 0 Å². The predicted molar refractivity (Wildman–Crippen MR) is 60.4 cm³/mol. The molecular weight excluding hydrogens is 186 g/mol. The molecule has 2 rings (SSSR count). The molecule has 0 amide bonds. The van der Waals surface area contributed by atoms with Gasteiger partial charge < -0.3 is 10.2 Å². The molecule has 1 aliphatic heterocycles. The van der Waals surface area contributed by atoms with Gasteiger partial charge in [-0.1, -0.05) is 6.42 Å². The summed E-state index contributed by atoms with van der Waals surface area (Å²) in [6.07, 6.45) is 6.00. The number of nitrogens with zero attached hydrogens (tertiary/aromatic N) is 2. The first-order valence-electron chi connectivity index (χ1n) is 6.14. The molecule has 0 aromatic rings. The van der Waals surface area contributed by atoms with Crippen molar-refractivity contribution in [2.75, 3.05) is 20.1 Å². The maximum atomic E-state index is 9.01. The van der Waals surface area contributed by atoms with Crippen molar-refractivity contribution in [3.63, 3.8) is 0 Å². The number of piperidine rings is 1. The minimum absolute atomic E-state index is 0.268. The summed E-state index contributed by atoms with van der Waals surface area (Å²) in [5.41, 5.74) is 0. The summed E-state index contributed by atoms with van der Waals surface area (Å²) in [4.78, 5) is 2.38. The summed E-state index contributed by atoms with van der Waals surface area (Å²) in [5, 5.41) is 12.7. The Morgan fingerprint density at radius 3 is 2.60 bits per heavy atom. The molecule has 84 valence electrons. The monoisotopic (exact) mass is 207 g/mol. The lowest BCUT2D eigenvalue weighted by Crippen LogP contribution is -2.46. The third kappa shape index (κ3) is 2.70. The van der Waals surface area contributed by atoms with E-state index in [0.29, 0.717) is 12.1 Å². The molecule has 2 fully saturated rings. The van der Waals surface area contributed by atoms with Crippen molar-refractivity contribution in [3.05, 3.63) is 0 Å². The zero-order chi connectivity index (χ0) is 10.7. The molecule has 0 aromatic heterocycles. The van der Waals surface area contributed by atoms with E-state index in [0.717, 1.165) is 6.42 Å². The number of hydrogen-bond donors (Lipinski definition) is 1. The van der Waals surface area contributed by atoms with Gasteiger partial charge in [-0.2, -0.15) is 5.26 Å². The van der Waals surface area contributed by atoms with Gasteiger partial charge in [0.25, 0.3) is 0 Å². The van der Waals surface area contributed by atoms with Gasteiger partial charge in [0.05, 0.1) is 12.0 Å². The first kappa shape index (κ1) is 10.9. The molecular formula is C12H21N3. The Bertz CT molecular complexity index is 238. The molecule has 3 heteroatoms. The van der Waals surface area contributed by atoms with Crippen LogP contribution in [0.2, 0.25) is 0 Å². The summed E-state index contributed by atoms with van der Waals surface area (Å²) in [6.45, 7) is 2.39. The number of likely N-dealkylation sites (tertiary alicyclic amines) is 1. The Morgan fingerprint density at radius 2 is 1.93 bits per heavy atom. The van der Waals surface area contributed by atoms with Crippen LogP contribution in [0.5, 0.6) is 0 Å². The highest BCUT2D eigenvalue weighted by Gasteiger charge is 2.29. The van der Waals surface area contributed by atoms with Crippen molar-refractivity contribution >= 4 is 0 Å². The van der Waals surface area contributed by atoms with Crippen molar-refractivity contribution in [2.45, 2.75) is 44.2 Å². The predicted octanol–water partition coefficient (Wildman–Crippen LogP) is 1.36. The largest absolute Gasteiger partial charge is 0.310 e. The minimum atomic E-state index is 0.268. The van der Waals surface area contributed by atoms with E-state index in [9.17, 15) is 0 Å². The summed E-state index contributed by atoms with van der Waals surface area (Å²) >= 11 is 0. The zero-order valence-electron chi connectivity index (χ0n) is 9.58. The molecule has 0 bridgehead atoms. The number of nitriles is 1. The molecule has 1 heterocycles. The molecule has 2 unspecified atom stereocenters. The zero-order valence-corrected chi connectivity index (χ0v) is 9.58. The lowest BCUT2D eigenvalue weighted by molar-refractivity contribution is 0.220. The first-order valence-corrected chi connectivity index (χ1v) is 6.14. The van der Waals surface area contributed by atoms with Gasteiger partial charge in [-0.3, -0.25) is 0 Å². The normalized spacial score (nSPS) is 34.1. The van der Waals surface area contributed by atoms with Crippen LogP contribution in [0.25, 0.3) is 0 Å². The van der Waals surface area contributed by atoms with E-state index in [1.807, 2.05) is 0 Å². The molecule has 2 atom stereocenters. The summed E-state index contributed by atoms with van der Waals surface area (Å²) < 4.78 is 0. The number of rotatable bonds is 2. The SMILES string of the molecule is CN1CCC(NC2CCCC2C#N)CC1. The van der Waals surface area contributed by atoms with Crippen LogP contribution in [-0.4, -0.2) is 37.1 Å². The molecule has 0 spiro atoms. The smallest absolute Gasteiger partial charge is 0.0672 e. The van der Waals surface area contributed by atoms with Gasteiger partial charge >= 0.3 is 0 Å². The number of nitrogens with one attached hydrogen (secondary N) is 1. The van der Waals surface area contributed by atoms with Crippen molar-refractivity contribution in [2.24, 2.45) is 5.92 Å². The van der Waals surface area contributed by atoms with Crippen molar-refractivity contribution in [1.29, 1.82) is 5.26 Å². The quantitative estimate of drug-likeness (QED) is 0.743. The molecule has 15 heavy (non-hydrogen) atoms. The Balaban J connectivity index is 1.79. The van der Waals surface area contributed by atoms with Gasteiger partial charge in [0.15, 0.2) is 0 Å². The molecule has 1 N–H and O–H groups in total. The lowest BCUT2D eigenvalue weighted by Gasteiger charge is -2.32. The summed E-state index contributed by atoms with van der Waals surface area (Å²) in [6, 6.07) is 3.57. The van der Waals surface area contributed by atoms with E-state index in [1.54, 1.807) is 0 Å². The summed E-state index contributed by atoms with van der Waals surface area (Å²) in [5.74, 6) is 0.268. The Kier molecular flexibility index (Phi) is 3.61. The fraction of sp³-hybridized carbons (Fsp3) is 0.917. The summed E-state index contributed by atoms with van der Waals surface area (Å²) in [7, 11) is 2.18. The van der Waals surface area contributed by atoms with Crippen LogP contribution >= 0.6 is 0 Å². The van der Waals surface area contributed by atoms with E-state index in [4.69, 9.17) is 5.26 Å². The molecule has 3 nitrogen and oxygen atoms in total. The highest BCUT2D eigenvalue weighted by molar-refractivity contribution is 4.97. The van der Waals surface area contributed by atoms with Gasteiger partial charge in [-0.05, 0) is 45.8 Å². The van der Waals surface area contributed by atoms with E-state index < -0.39 is 0 Å². The van der Waals surface area contributed by atoms with E-state index >= 15 is 0 Å². The van der Waals surface area contributed by atoms with Crippen LogP contribution in [0.4, 0.5) is 0 Å². The van der Waals surface area contributed by atoms with E-state index in [-0.39, 0.29) is 5.92 Å². The van der Waals surface area contributed by atoms with Crippen LogP contribution in [0.3, 0.4) is 0 Å². The standard InChI is InChI=1S/C12H21N3/c1-15-7-5-11(6-8-15)14-12-4-2-3-10(12)9-13/h10-12,14H,2-8H2,1H3. The molecule has 0 radical (unpaired) electrons. The maximum absolute atomic E-state index is 9.01. The van der Waals surface area contributed by atoms with E-state index in [2.05, 4.69) is 23.3 Å². The second-order valence-electron chi connectivity index (χ2n) is 5.02. The number of hydrogen-bond acceptors (Lipinski definition) is 3. The second kappa shape index (κ2) is 4.96. The van der Waals surface area contributed by atoms with Crippen molar-refractivity contribution in [1.82, 2.24) is 10.2 Å². The third-order valence-corrected chi connectivity index (χ3v) is 3.85. The highest BCUT2D eigenvalue weighted by Crippen LogP contribution is 2.26. The molecule has 1 saturated carbocycles. The Hall–Kier alpha value is -0.590. The Labute approximate surface area is 92.4 Å². The van der Waals surface area contributed by atoms with Crippen LogP contribution in [-0.2, 0) is 0 Å². The average Bonchev–Trinajstić information content (AvgIpc) is 2.69. The van der Waals surface area contributed by atoms with E-state index in [1.165, 1.54) is 38.8 Å². The Morgan fingerprint density at radius 1 is 1.20 bits per heavy atom. The van der Waals surface area contributed by atoms with Crippen LogP contribution < -0.4 is 5.32 Å². The molecule has 1 saturated heterocycles. The average molecular weight is 207 g/mol. The van der Waals surface area contributed by atoms with Gasteiger partial charge in [0, 0.05) is 12.1 Å². The topological polar surface area (TPSA) is 39.1 Å². The molecule has 2 aliphatic rings. The van der Waals surface area contributed by atoms with Crippen LogP contribution in [0.15, 0.2) is 0 Å². The van der Waals surface area contributed by atoms with Crippen LogP contribution in [0.1, 0.15) is 32.1 Å². The van der Waals surface area contributed by atoms with Gasteiger partial charge in [-0.15, -0.1) is 0 Å². The highest BCUT2D eigenvalue weighted by atomic mass is 15.1. The minimum Gasteiger partial charge on any atom is -0.310 e. The first-order chi connectivity index (χ1) is 7.29. The van der Waals surface area contributed by atoms with Gasteiger partial charge in [-0.25, -0.2) is 0 Å². The molecule has 1 aliphatic carbocycles. The maximum Gasteiger partial charge on any atom is 0.0672 e. The fourth-order valence-electron chi connectivity index (χ4n) is 2.79. The molecule has 0 aromatic carbocycles. The second-order valence-corrected chi connectivity index (χ2v) is 5.02.